The summed E-state index contributed by atoms with van der Waals surface area (Å²) in [6, 6.07) is 0. The minimum atomic E-state index is 0.253. The topological polar surface area (TPSA) is 20.2 Å². The van der Waals surface area contributed by atoms with Crippen molar-refractivity contribution in [2.24, 2.45) is 23.2 Å². The van der Waals surface area contributed by atoms with Gasteiger partial charge in [-0.3, -0.25) is 0 Å². The molecular formula is C15H26O. The monoisotopic (exact) mass is 222 g/mol. The third kappa shape index (κ3) is 2.07. The van der Waals surface area contributed by atoms with Crippen molar-refractivity contribution in [2.75, 3.05) is 6.61 Å². The van der Waals surface area contributed by atoms with Gasteiger partial charge in [-0.25, -0.2) is 0 Å². The zero-order valence-electron chi connectivity index (χ0n) is 11.2. The molecule has 0 bridgehead atoms. The normalized spacial score (nSPS) is 40.7. The largest absolute Gasteiger partial charge is 0.392 e. The third-order valence-corrected chi connectivity index (χ3v) is 4.87. The molecule has 16 heavy (non-hydrogen) atoms. The Kier molecular flexibility index (Phi) is 3.18. The summed E-state index contributed by atoms with van der Waals surface area (Å²) in [5.74, 6) is 2.54. The summed E-state index contributed by atoms with van der Waals surface area (Å²) in [6.07, 6.45) is 5.32. The van der Waals surface area contributed by atoms with Crippen molar-refractivity contribution in [1.29, 1.82) is 0 Å². The van der Waals surface area contributed by atoms with Gasteiger partial charge in [0.1, 0.15) is 0 Å². The average Bonchev–Trinajstić information content (AvgIpc) is 2.57. The maximum Gasteiger partial charge on any atom is 0.0641 e. The van der Waals surface area contributed by atoms with Crippen LogP contribution in [-0.4, -0.2) is 11.7 Å². The second kappa shape index (κ2) is 4.18. The summed E-state index contributed by atoms with van der Waals surface area (Å²) >= 11 is 0. The maximum atomic E-state index is 9.39. The van der Waals surface area contributed by atoms with Gasteiger partial charge in [-0.1, -0.05) is 26.3 Å². The molecule has 3 unspecified atom stereocenters. The van der Waals surface area contributed by atoms with Gasteiger partial charge in [-0.15, -0.1) is 0 Å². The zero-order chi connectivity index (χ0) is 11.9. The van der Waals surface area contributed by atoms with E-state index in [0.29, 0.717) is 5.41 Å². The minimum Gasteiger partial charge on any atom is -0.392 e. The van der Waals surface area contributed by atoms with Crippen molar-refractivity contribution >= 4 is 0 Å². The Labute approximate surface area is 99.9 Å². The average molecular weight is 222 g/mol. The van der Waals surface area contributed by atoms with E-state index in [1.165, 1.54) is 31.3 Å². The van der Waals surface area contributed by atoms with Gasteiger partial charge in [-0.05, 0) is 61.3 Å². The molecule has 0 amide bonds. The van der Waals surface area contributed by atoms with Crippen LogP contribution in [0.5, 0.6) is 0 Å². The maximum absolute atomic E-state index is 9.39. The Balaban J connectivity index is 2.32. The van der Waals surface area contributed by atoms with Crippen LogP contribution in [0.4, 0.5) is 0 Å². The van der Waals surface area contributed by atoms with E-state index in [1.54, 1.807) is 5.57 Å². The fourth-order valence-electron chi connectivity index (χ4n) is 3.97. The highest BCUT2D eigenvalue weighted by atomic mass is 16.3. The van der Waals surface area contributed by atoms with Gasteiger partial charge in [0, 0.05) is 0 Å². The van der Waals surface area contributed by atoms with Crippen molar-refractivity contribution in [2.45, 2.75) is 53.4 Å². The molecule has 1 nitrogen and oxygen atoms in total. The Morgan fingerprint density at radius 3 is 2.69 bits per heavy atom. The summed E-state index contributed by atoms with van der Waals surface area (Å²) in [4.78, 5) is 0. The molecule has 2 aliphatic carbocycles. The zero-order valence-corrected chi connectivity index (χ0v) is 11.2. The smallest absolute Gasteiger partial charge is 0.0641 e. The van der Waals surface area contributed by atoms with Crippen LogP contribution >= 0.6 is 0 Å². The second-order valence-electron chi connectivity index (χ2n) is 6.83. The van der Waals surface area contributed by atoms with E-state index >= 15 is 0 Å². The Hall–Kier alpha value is -0.300. The first-order valence-electron chi connectivity index (χ1n) is 6.74. The van der Waals surface area contributed by atoms with Crippen molar-refractivity contribution in [3.63, 3.8) is 0 Å². The molecule has 0 aliphatic heterocycles. The van der Waals surface area contributed by atoms with Crippen molar-refractivity contribution in [3.8, 4) is 0 Å². The minimum absolute atomic E-state index is 0.253. The number of allylic oxidation sites excluding steroid dienone is 1. The SMILES string of the molecule is CC(CO)=C1CC(C)(C)CC2C(C)CCC12. The fraction of sp³-hybridized carbons (Fsp3) is 0.867. The lowest BCUT2D eigenvalue weighted by molar-refractivity contribution is 0.161. The predicted molar refractivity (Wildman–Crippen MR) is 68.2 cm³/mol. The van der Waals surface area contributed by atoms with Crippen molar-refractivity contribution in [1.82, 2.24) is 0 Å². The molecule has 1 heteroatoms. The summed E-state index contributed by atoms with van der Waals surface area (Å²) in [6.45, 7) is 9.57. The highest BCUT2D eigenvalue weighted by Gasteiger charge is 2.44. The molecule has 2 fully saturated rings. The first kappa shape index (κ1) is 12.2. The van der Waals surface area contributed by atoms with Gasteiger partial charge >= 0.3 is 0 Å². The Morgan fingerprint density at radius 2 is 2.06 bits per heavy atom. The highest BCUT2D eigenvalue weighted by molar-refractivity contribution is 5.22. The molecule has 2 rings (SSSR count). The van der Waals surface area contributed by atoms with Crippen molar-refractivity contribution < 1.29 is 5.11 Å². The first-order valence-corrected chi connectivity index (χ1v) is 6.74. The number of fused-ring (bicyclic) bond motifs is 1. The highest BCUT2D eigenvalue weighted by Crippen LogP contribution is 2.54. The van der Waals surface area contributed by atoms with Crippen LogP contribution < -0.4 is 0 Å². The lowest BCUT2D eigenvalue weighted by atomic mass is 9.63. The lowest BCUT2D eigenvalue weighted by Gasteiger charge is -2.42. The number of rotatable bonds is 1. The van der Waals surface area contributed by atoms with Gasteiger partial charge in [0.05, 0.1) is 6.61 Å². The van der Waals surface area contributed by atoms with Gasteiger partial charge < -0.3 is 5.11 Å². The van der Waals surface area contributed by atoms with E-state index in [1.807, 2.05) is 0 Å². The van der Waals surface area contributed by atoms with Crippen LogP contribution in [0.25, 0.3) is 0 Å². The van der Waals surface area contributed by atoms with Crippen LogP contribution in [0.3, 0.4) is 0 Å². The molecule has 0 saturated heterocycles. The summed E-state index contributed by atoms with van der Waals surface area (Å²) in [5.41, 5.74) is 3.27. The van der Waals surface area contributed by atoms with E-state index in [2.05, 4.69) is 27.7 Å². The molecule has 1 N–H and O–H groups in total. The van der Waals surface area contributed by atoms with Crippen molar-refractivity contribution in [3.05, 3.63) is 11.1 Å². The molecular weight excluding hydrogens is 196 g/mol. The summed E-state index contributed by atoms with van der Waals surface area (Å²) in [7, 11) is 0. The number of hydrogen-bond acceptors (Lipinski definition) is 1. The standard InChI is InChI=1S/C15H26O/c1-10-5-6-12-13(10)7-15(3,4)8-14(12)11(2)9-16/h10,12-13,16H,5-9H2,1-4H3. The van der Waals surface area contributed by atoms with Crippen LogP contribution in [0.1, 0.15) is 53.4 Å². The molecule has 0 spiro atoms. The predicted octanol–water partition coefficient (Wildman–Crippen LogP) is 3.78. The van der Waals surface area contributed by atoms with Gasteiger partial charge in [-0.2, -0.15) is 0 Å². The molecule has 2 aliphatic rings. The first-order chi connectivity index (χ1) is 7.44. The lowest BCUT2D eigenvalue weighted by Crippen LogP contribution is -2.31. The van der Waals surface area contributed by atoms with E-state index in [0.717, 1.165) is 17.8 Å². The number of hydrogen-bond donors (Lipinski definition) is 1. The van der Waals surface area contributed by atoms with Gasteiger partial charge in [0.15, 0.2) is 0 Å². The summed E-state index contributed by atoms with van der Waals surface area (Å²) < 4.78 is 0. The van der Waals surface area contributed by atoms with E-state index in [4.69, 9.17) is 0 Å². The third-order valence-electron chi connectivity index (χ3n) is 4.87. The molecule has 0 radical (unpaired) electrons. The van der Waals surface area contributed by atoms with Gasteiger partial charge in [0.2, 0.25) is 0 Å². The van der Waals surface area contributed by atoms with E-state index in [-0.39, 0.29) is 6.61 Å². The molecule has 2 saturated carbocycles. The van der Waals surface area contributed by atoms with E-state index < -0.39 is 0 Å². The second-order valence-corrected chi connectivity index (χ2v) is 6.83. The summed E-state index contributed by atoms with van der Waals surface area (Å²) in [5, 5.41) is 9.39. The number of aliphatic hydroxyl groups is 1. The molecule has 92 valence electrons. The van der Waals surface area contributed by atoms with Crippen LogP contribution in [0, 0.1) is 23.2 Å². The molecule has 0 aromatic heterocycles. The molecule has 0 aromatic rings. The van der Waals surface area contributed by atoms with Crippen LogP contribution in [0.15, 0.2) is 11.1 Å². The van der Waals surface area contributed by atoms with Crippen LogP contribution in [-0.2, 0) is 0 Å². The molecule has 0 heterocycles. The molecule has 3 atom stereocenters. The number of aliphatic hydroxyl groups excluding tert-OH is 1. The quantitative estimate of drug-likeness (QED) is 0.669. The van der Waals surface area contributed by atoms with Crippen LogP contribution in [0.2, 0.25) is 0 Å². The van der Waals surface area contributed by atoms with E-state index in [9.17, 15) is 5.11 Å². The van der Waals surface area contributed by atoms with Gasteiger partial charge in [0.25, 0.3) is 0 Å². The Bertz CT molecular complexity index is 301. The Morgan fingerprint density at radius 1 is 1.38 bits per heavy atom. The fourth-order valence-corrected chi connectivity index (χ4v) is 3.97. The molecule has 0 aromatic carbocycles.